The predicted molar refractivity (Wildman–Crippen MR) is 102 cm³/mol. The van der Waals surface area contributed by atoms with Gasteiger partial charge in [-0.1, -0.05) is 23.8 Å². The number of rotatable bonds is 4. The van der Waals surface area contributed by atoms with Gasteiger partial charge >= 0.3 is 0 Å². The molecule has 1 aliphatic carbocycles. The molecule has 1 aromatic heterocycles. The second-order valence-electron chi connectivity index (χ2n) is 6.90. The second kappa shape index (κ2) is 7.26. The number of amides is 2. The van der Waals surface area contributed by atoms with E-state index in [-0.39, 0.29) is 17.6 Å². The van der Waals surface area contributed by atoms with Crippen LogP contribution in [0.1, 0.15) is 28.8 Å². The van der Waals surface area contributed by atoms with Crippen LogP contribution in [0.15, 0.2) is 54.7 Å². The van der Waals surface area contributed by atoms with Crippen molar-refractivity contribution in [1.29, 1.82) is 0 Å². The van der Waals surface area contributed by atoms with E-state index in [1.807, 2.05) is 31.2 Å². The topological polar surface area (TPSA) is 76.0 Å². The highest BCUT2D eigenvalue weighted by molar-refractivity contribution is 6.00. The van der Waals surface area contributed by atoms with Crippen molar-refractivity contribution in [2.45, 2.75) is 19.8 Å². The van der Waals surface area contributed by atoms with E-state index in [2.05, 4.69) is 16.0 Å². The van der Waals surface area contributed by atoms with Crippen molar-refractivity contribution in [3.63, 3.8) is 0 Å². The van der Waals surface area contributed by atoms with E-state index in [9.17, 15) is 14.0 Å². The third kappa shape index (κ3) is 3.78. The van der Waals surface area contributed by atoms with Crippen LogP contribution in [-0.2, 0) is 4.79 Å². The number of nitrogens with one attached hydrogen (secondary N) is 2. The lowest BCUT2D eigenvalue weighted by Gasteiger charge is -2.07. The molecule has 4 rings (SSSR count). The quantitative estimate of drug-likeness (QED) is 0.685. The Morgan fingerprint density at radius 1 is 1.11 bits per heavy atom. The molecule has 0 radical (unpaired) electrons. The molecule has 0 bridgehead atoms. The van der Waals surface area contributed by atoms with Crippen LogP contribution in [0.3, 0.4) is 0 Å². The summed E-state index contributed by atoms with van der Waals surface area (Å²) in [6, 6.07) is 13.5. The van der Waals surface area contributed by atoms with Crippen molar-refractivity contribution >= 4 is 11.8 Å². The number of carbonyl (C=O) groups excluding carboxylic acids is 2. The smallest absolute Gasteiger partial charge is 0.273 e. The number of carbonyl (C=O) groups is 2. The minimum atomic E-state index is -0.459. The molecule has 142 valence electrons. The summed E-state index contributed by atoms with van der Waals surface area (Å²) in [5.74, 6) is -1.01. The van der Waals surface area contributed by atoms with Gasteiger partial charge < -0.3 is 0 Å². The summed E-state index contributed by atoms with van der Waals surface area (Å²) in [4.78, 5) is 24.5. The number of nitrogens with zero attached hydrogens (tertiary/aromatic N) is 2. The minimum absolute atomic E-state index is 0.0153. The van der Waals surface area contributed by atoms with E-state index in [0.717, 1.165) is 24.0 Å². The first-order valence-corrected chi connectivity index (χ1v) is 9.04. The normalized spacial score (nSPS) is 13.2. The van der Waals surface area contributed by atoms with Crippen LogP contribution in [-0.4, -0.2) is 21.6 Å². The Kier molecular flexibility index (Phi) is 4.65. The lowest BCUT2D eigenvalue weighted by Crippen LogP contribution is -2.42. The number of hydrogen-bond acceptors (Lipinski definition) is 3. The predicted octanol–water partition coefficient (Wildman–Crippen LogP) is 3.16. The molecule has 1 fully saturated rings. The standard InChI is InChI=1S/C21H19FN4O2/c1-13-3-2-4-15(11-13)19-18(21(28)24-23-20(27)14-5-6-14)12-26(25-19)17-9-7-16(22)8-10-17/h2-4,7-12,14H,5-6H2,1H3,(H,23,27)(H,24,28). The Balaban J connectivity index is 1.68. The molecular weight excluding hydrogens is 359 g/mol. The highest BCUT2D eigenvalue weighted by Crippen LogP contribution is 2.28. The fourth-order valence-corrected chi connectivity index (χ4v) is 2.91. The average molecular weight is 378 g/mol. The van der Waals surface area contributed by atoms with Crippen molar-refractivity contribution < 1.29 is 14.0 Å². The molecule has 3 aromatic rings. The van der Waals surface area contributed by atoms with Gasteiger partial charge in [0, 0.05) is 17.7 Å². The summed E-state index contributed by atoms with van der Waals surface area (Å²) in [7, 11) is 0. The summed E-state index contributed by atoms with van der Waals surface area (Å²) >= 11 is 0. The Morgan fingerprint density at radius 3 is 2.54 bits per heavy atom. The zero-order valence-electron chi connectivity index (χ0n) is 15.3. The molecule has 28 heavy (non-hydrogen) atoms. The molecule has 2 N–H and O–H groups in total. The largest absolute Gasteiger partial charge is 0.273 e. The summed E-state index contributed by atoms with van der Waals surface area (Å²) in [6.45, 7) is 1.95. The fraction of sp³-hybridized carbons (Fsp3) is 0.190. The van der Waals surface area contributed by atoms with Gasteiger partial charge in [0.25, 0.3) is 5.91 Å². The Labute approximate surface area is 161 Å². The van der Waals surface area contributed by atoms with E-state index in [0.29, 0.717) is 16.9 Å². The molecule has 0 unspecified atom stereocenters. The second-order valence-corrected chi connectivity index (χ2v) is 6.90. The van der Waals surface area contributed by atoms with Crippen molar-refractivity contribution in [2.75, 3.05) is 0 Å². The van der Waals surface area contributed by atoms with E-state index in [4.69, 9.17) is 0 Å². The van der Waals surface area contributed by atoms with Gasteiger partial charge in [0.1, 0.15) is 11.5 Å². The third-order valence-electron chi connectivity index (χ3n) is 4.59. The number of aromatic nitrogens is 2. The van der Waals surface area contributed by atoms with Gasteiger partial charge in [-0.25, -0.2) is 9.07 Å². The van der Waals surface area contributed by atoms with Crippen LogP contribution in [0.25, 0.3) is 16.9 Å². The van der Waals surface area contributed by atoms with Crippen LogP contribution in [0, 0.1) is 18.7 Å². The molecule has 2 aromatic carbocycles. The molecule has 1 saturated carbocycles. The van der Waals surface area contributed by atoms with Crippen LogP contribution in [0.2, 0.25) is 0 Å². The zero-order valence-corrected chi connectivity index (χ0v) is 15.3. The Hall–Kier alpha value is -3.48. The van der Waals surface area contributed by atoms with E-state index < -0.39 is 5.91 Å². The van der Waals surface area contributed by atoms with E-state index in [1.165, 1.54) is 16.8 Å². The van der Waals surface area contributed by atoms with Crippen LogP contribution in [0.4, 0.5) is 4.39 Å². The zero-order chi connectivity index (χ0) is 19.7. The first-order valence-electron chi connectivity index (χ1n) is 9.04. The Bertz CT molecular complexity index is 1040. The van der Waals surface area contributed by atoms with Crippen LogP contribution < -0.4 is 10.9 Å². The first kappa shape index (κ1) is 17.9. The van der Waals surface area contributed by atoms with Gasteiger partial charge in [0.05, 0.1) is 11.3 Å². The lowest BCUT2D eigenvalue weighted by molar-refractivity contribution is -0.123. The number of halogens is 1. The molecule has 0 saturated heterocycles. The van der Waals surface area contributed by atoms with Gasteiger partial charge in [-0.05, 0) is 50.1 Å². The number of hydrogen-bond donors (Lipinski definition) is 2. The van der Waals surface area contributed by atoms with Gasteiger partial charge in [-0.2, -0.15) is 5.10 Å². The van der Waals surface area contributed by atoms with E-state index in [1.54, 1.807) is 18.3 Å². The number of benzene rings is 2. The van der Waals surface area contributed by atoms with Crippen molar-refractivity contribution in [3.05, 3.63) is 71.7 Å². The van der Waals surface area contributed by atoms with Crippen molar-refractivity contribution in [3.8, 4) is 16.9 Å². The van der Waals surface area contributed by atoms with Crippen LogP contribution in [0.5, 0.6) is 0 Å². The summed E-state index contributed by atoms with van der Waals surface area (Å²) < 4.78 is 14.8. The molecule has 1 aliphatic rings. The molecule has 0 spiro atoms. The monoisotopic (exact) mass is 378 g/mol. The summed E-state index contributed by atoms with van der Waals surface area (Å²) in [5, 5.41) is 4.54. The minimum Gasteiger partial charge on any atom is -0.273 e. The van der Waals surface area contributed by atoms with Crippen LogP contribution >= 0.6 is 0 Å². The molecule has 0 atom stereocenters. The van der Waals surface area contributed by atoms with Gasteiger partial charge in [0.15, 0.2) is 0 Å². The molecule has 1 heterocycles. The summed E-state index contributed by atoms with van der Waals surface area (Å²) in [6.07, 6.45) is 3.26. The number of aryl methyl sites for hydroxylation is 1. The van der Waals surface area contributed by atoms with Crippen molar-refractivity contribution in [2.24, 2.45) is 5.92 Å². The SMILES string of the molecule is Cc1cccc(-c2nn(-c3ccc(F)cc3)cc2C(=O)NNC(=O)C2CC2)c1. The van der Waals surface area contributed by atoms with Gasteiger partial charge in [-0.15, -0.1) is 0 Å². The molecule has 7 heteroatoms. The van der Waals surface area contributed by atoms with E-state index >= 15 is 0 Å². The Morgan fingerprint density at radius 2 is 1.86 bits per heavy atom. The maximum atomic E-state index is 13.2. The molecular formula is C21H19FN4O2. The molecule has 0 aliphatic heterocycles. The summed E-state index contributed by atoms with van der Waals surface area (Å²) in [5.41, 5.74) is 8.15. The first-order chi connectivity index (χ1) is 13.5. The van der Waals surface area contributed by atoms with Gasteiger partial charge in [0.2, 0.25) is 5.91 Å². The maximum absolute atomic E-state index is 13.2. The lowest BCUT2D eigenvalue weighted by atomic mass is 10.1. The third-order valence-corrected chi connectivity index (χ3v) is 4.59. The van der Waals surface area contributed by atoms with Crippen molar-refractivity contribution in [1.82, 2.24) is 20.6 Å². The molecule has 6 nitrogen and oxygen atoms in total. The molecule has 2 amide bonds. The fourth-order valence-electron chi connectivity index (χ4n) is 2.91. The maximum Gasteiger partial charge on any atom is 0.273 e. The average Bonchev–Trinajstić information content (AvgIpc) is 3.45. The number of hydrazine groups is 1. The highest BCUT2D eigenvalue weighted by Gasteiger charge is 2.30. The highest BCUT2D eigenvalue weighted by atomic mass is 19.1. The van der Waals surface area contributed by atoms with Gasteiger partial charge in [-0.3, -0.25) is 20.4 Å².